The summed E-state index contributed by atoms with van der Waals surface area (Å²) in [6, 6.07) is 0. The predicted molar refractivity (Wildman–Crippen MR) is 84.8 cm³/mol. The number of methoxy groups -OCH3 is 1. The first kappa shape index (κ1) is 19.8. The average molecular weight is 302 g/mol. The second-order valence-electron chi connectivity index (χ2n) is 6.12. The lowest BCUT2D eigenvalue weighted by Crippen LogP contribution is -2.50. The fourth-order valence-electron chi connectivity index (χ4n) is 1.72. The highest BCUT2D eigenvalue weighted by Gasteiger charge is 2.25. The molecule has 7 heteroatoms. The molecule has 0 unspecified atom stereocenters. The van der Waals surface area contributed by atoms with Crippen LogP contribution in [0.2, 0.25) is 0 Å². The van der Waals surface area contributed by atoms with Crippen LogP contribution in [0.1, 0.15) is 41.0 Å². The minimum atomic E-state index is -0.428. The minimum Gasteiger partial charge on any atom is -0.411 e. The number of ether oxygens (including phenoxy) is 1. The molecule has 0 bridgehead atoms. The van der Waals surface area contributed by atoms with Gasteiger partial charge in [0, 0.05) is 7.11 Å². The summed E-state index contributed by atoms with van der Waals surface area (Å²) in [5.41, 5.74) is 0.438. The Balaban J connectivity index is 4.16. The van der Waals surface area contributed by atoms with Gasteiger partial charge in [-0.05, 0) is 54.1 Å². The zero-order valence-electron chi connectivity index (χ0n) is 14.0. The third-order valence-corrected chi connectivity index (χ3v) is 3.67. The molecule has 0 heterocycles. The summed E-state index contributed by atoms with van der Waals surface area (Å²) in [6.45, 7) is 11.4. The highest BCUT2D eigenvalue weighted by molar-refractivity contribution is 5.93. The van der Waals surface area contributed by atoms with Crippen LogP contribution in [0.15, 0.2) is 10.3 Å². The maximum Gasteiger partial charge on any atom is 0.102 e. The van der Waals surface area contributed by atoms with Crippen molar-refractivity contribution in [2.75, 3.05) is 26.8 Å². The molecule has 124 valence electrons. The van der Waals surface area contributed by atoms with Gasteiger partial charge in [0.25, 0.3) is 0 Å². The third-order valence-electron chi connectivity index (χ3n) is 3.67. The van der Waals surface area contributed by atoms with Crippen molar-refractivity contribution >= 4 is 11.4 Å². The first-order valence-corrected chi connectivity index (χ1v) is 7.10. The molecular formula is C14H30N4O3. The summed E-state index contributed by atoms with van der Waals surface area (Å²) >= 11 is 0. The van der Waals surface area contributed by atoms with Crippen LogP contribution in [-0.4, -0.2) is 59.7 Å². The van der Waals surface area contributed by atoms with Crippen LogP contribution in [0.5, 0.6) is 0 Å². The topological polar surface area (TPSA) is 98.5 Å². The second-order valence-corrected chi connectivity index (χ2v) is 6.12. The lowest BCUT2D eigenvalue weighted by atomic mass is 9.98. The van der Waals surface area contributed by atoms with Crippen molar-refractivity contribution in [3.8, 4) is 0 Å². The fourth-order valence-corrected chi connectivity index (χ4v) is 1.72. The van der Waals surface area contributed by atoms with Gasteiger partial charge in [0.2, 0.25) is 0 Å². The van der Waals surface area contributed by atoms with E-state index in [9.17, 15) is 0 Å². The molecule has 0 aromatic carbocycles. The van der Waals surface area contributed by atoms with Crippen LogP contribution in [0.4, 0.5) is 0 Å². The Labute approximate surface area is 127 Å². The van der Waals surface area contributed by atoms with Crippen molar-refractivity contribution in [2.45, 2.75) is 52.1 Å². The Morgan fingerprint density at radius 3 is 1.95 bits per heavy atom. The molecule has 0 saturated carbocycles. The van der Waals surface area contributed by atoms with Gasteiger partial charge in [-0.3, -0.25) is 0 Å². The van der Waals surface area contributed by atoms with Crippen LogP contribution >= 0.6 is 0 Å². The molecule has 0 aliphatic rings. The Bertz CT molecular complexity index is 365. The molecule has 0 fully saturated rings. The second kappa shape index (κ2) is 8.96. The first-order valence-electron chi connectivity index (χ1n) is 7.10. The largest absolute Gasteiger partial charge is 0.411 e. The molecule has 0 aromatic heterocycles. The lowest BCUT2D eigenvalue weighted by molar-refractivity contribution is 0.227. The van der Waals surface area contributed by atoms with E-state index in [2.05, 4.69) is 20.9 Å². The monoisotopic (exact) mass is 302 g/mol. The highest BCUT2D eigenvalue weighted by atomic mass is 16.5. The van der Waals surface area contributed by atoms with Crippen molar-refractivity contribution in [2.24, 2.45) is 10.3 Å². The molecule has 0 rings (SSSR count). The van der Waals surface area contributed by atoms with E-state index in [-0.39, 0.29) is 12.1 Å². The zero-order valence-corrected chi connectivity index (χ0v) is 14.0. The van der Waals surface area contributed by atoms with E-state index < -0.39 is 5.54 Å². The van der Waals surface area contributed by atoms with Crippen molar-refractivity contribution in [3.63, 3.8) is 0 Å². The fraction of sp³-hybridized carbons (Fsp3) is 0.857. The Morgan fingerprint density at radius 1 is 1.00 bits per heavy atom. The number of hydrogen-bond acceptors (Lipinski definition) is 7. The molecule has 0 atom stereocenters. The number of oxime groups is 2. The molecule has 0 amide bonds. The summed E-state index contributed by atoms with van der Waals surface area (Å²) < 4.78 is 5.01. The lowest BCUT2D eigenvalue weighted by Gasteiger charge is -2.28. The smallest absolute Gasteiger partial charge is 0.102 e. The summed E-state index contributed by atoms with van der Waals surface area (Å²) in [6.07, 6.45) is 0.886. The molecule has 0 aliphatic carbocycles. The molecule has 0 spiro atoms. The quantitative estimate of drug-likeness (QED) is 0.212. The van der Waals surface area contributed by atoms with E-state index >= 15 is 0 Å². The molecular weight excluding hydrogens is 272 g/mol. The number of hydrogen-bond donors (Lipinski definition) is 4. The summed E-state index contributed by atoms with van der Waals surface area (Å²) in [4.78, 5) is 0. The van der Waals surface area contributed by atoms with Gasteiger partial charge in [-0.1, -0.05) is 10.3 Å². The Morgan fingerprint density at radius 2 is 1.52 bits per heavy atom. The van der Waals surface area contributed by atoms with Crippen LogP contribution in [-0.2, 0) is 4.74 Å². The van der Waals surface area contributed by atoms with Gasteiger partial charge in [-0.2, -0.15) is 0 Å². The van der Waals surface area contributed by atoms with Crippen molar-refractivity contribution in [1.82, 2.24) is 10.6 Å². The normalized spacial score (nSPS) is 14.6. The van der Waals surface area contributed by atoms with Gasteiger partial charge in [0.15, 0.2) is 0 Å². The van der Waals surface area contributed by atoms with Crippen molar-refractivity contribution < 1.29 is 15.2 Å². The van der Waals surface area contributed by atoms with Crippen LogP contribution in [0, 0.1) is 0 Å². The van der Waals surface area contributed by atoms with Crippen LogP contribution in [0.3, 0.4) is 0 Å². The maximum absolute atomic E-state index is 9.01. The van der Waals surface area contributed by atoms with Gasteiger partial charge in [-0.15, -0.1) is 0 Å². The molecule has 0 aromatic rings. The molecule has 0 radical (unpaired) electrons. The Kier molecular flexibility index (Phi) is 8.46. The van der Waals surface area contributed by atoms with Gasteiger partial charge < -0.3 is 25.8 Å². The average Bonchev–Trinajstić information content (AvgIpc) is 2.42. The van der Waals surface area contributed by atoms with Crippen molar-refractivity contribution in [1.29, 1.82) is 0 Å². The molecule has 21 heavy (non-hydrogen) atoms. The Hall–Kier alpha value is -1.18. The maximum atomic E-state index is 9.01. The van der Waals surface area contributed by atoms with Gasteiger partial charge >= 0.3 is 0 Å². The zero-order chi connectivity index (χ0) is 16.5. The number of nitrogens with zero attached hydrogens (tertiary/aromatic N) is 2. The van der Waals surface area contributed by atoms with E-state index in [4.69, 9.17) is 15.2 Å². The standard InChI is InChI=1S/C14H30N4O3/c1-11(17-19)13(2,3)15-8-7-9-16-14(4,5)12(18-20)10-21-6/h15-16,19-20H,7-10H2,1-6H3/b17-11+,18-12-. The van der Waals surface area contributed by atoms with E-state index in [1.165, 1.54) is 0 Å². The first-order chi connectivity index (χ1) is 9.71. The van der Waals surface area contributed by atoms with E-state index in [0.29, 0.717) is 11.4 Å². The molecule has 0 saturated heterocycles. The molecule has 7 nitrogen and oxygen atoms in total. The molecule has 0 aliphatic heterocycles. The SMILES string of the molecule is COC/C(=N/O)C(C)(C)NCCCNC(C)(C)/C(C)=N/O. The van der Waals surface area contributed by atoms with E-state index in [1.54, 1.807) is 14.0 Å². The van der Waals surface area contributed by atoms with E-state index in [1.807, 2.05) is 27.7 Å². The third kappa shape index (κ3) is 6.88. The van der Waals surface area contributed by atoms with Gasteiger partial charge in [-0.25, -0.2) is 0 Å². The van der Waals surface area contributed by atoms with Gasteiger partial charge in [0.1, 0.15) is 5.71 Å². The summed E-state index contributed by atoms with van der Waals surface area (Å²) in [5, 5.41) is 31.0. The highest BCUT2D eigenvalue weighted by Crippen LogP contribution is 2.07. The number of rotatable bonds is 10. The predicted octanol–water partition coefficient (Wildman–Crippen LogP) is 1.44. The summed E-state index contributed by atoms with van der Waals surface area (Å²) in [5.74, 6) is 0. The van der Waals surface area contributed by atoms with Crippen molar-refractivity contribution in [3.05, 3.63) is 0 Å². The minimum absolute atomic E-state index is 0.286. The van der Waals surface area contributed by atoms with E-state index in [0.717, 1.165) is 19.5 Å². The van der Waals surface area contributed by atoms with Crippen LogP contribution < -0.4 is 10.6 Å². The van der Waals surface area contributed by atoms with Crippen LogP contribution in [0.25, 0.3) is 0 Å². The number of nitrogens with one attached hydrogen (secondary N) is 2. The molecule has 4 N–H and O–H groups in total. The van der Waals surface area contributed by atoms with Gasteiger partial charge in [0.05, 0.1) is 23.4 Å². The summed E-state index contributed by atoms with van der Waals surface area (Å²) in [7, 11) is 1.57.